The molecule has 1 amide bonds. The molecular formula is C18H15Cl2N3O2S. The molecule has 0 radical (unpaired) electrons. The third-order valence-electron chi connectivity index (χ3n) is 3.54. The second-order valence-electron chi connectivity index (χ2n) is 5.63. The van der Waals surface area contributed by atoms with Crippen molar-refractivity contribution in [3.63, 3.8) is 0 Å². The first kappa shape index (κ1) is 18.8. The number of carbonyl (C=O) groups excluding carboxylic acids is 1. The standard InChI is InChI=1S/C18H15Cl2N3O2S/c1-10(9-24)21-18(25)14-8-13(11-2-4-12(19)5-3-11)22-17(23-14)15-6-7-16(20)26-15/h2-8,10,24H,9H2,1H3,(H,21,25)/t10-/m0/s1. The van der Waals surface area contributed by atoms with Gasteiger partial charge in [-0.25, -0.2) is 9.97 Å². The van der Waals surface area contributed by atoms with E-state index in [1.165, 1.54) is 11.3 Å². The third-order valence-corrected chi connectivity index (χ3v) is 5.02. The average Bonchev–Trinajstić information content (AvgIpc) is 3.08. The number of aliphatic hydroxyl groups excluding tert-OH is 1. The number of nitrogens with one attached hydrogen (secondary N) is 1. The Labute approximate surface area is 164 Å². The van der Waals surface area contributed by atoms with Crippen molar-refractivity contribution in [3.8, 4) is 22.0 Å². The van der Waals surface area contributed by atoms with Gasteiger partial charge in [-0.15, -0.1) is 11.3 Å². The number of benzene rings is 1. The van der Waals surface area contributed by atoms with Gasteiger partial charge in [0.2, 0.25) is 0 Å². The molecule has 1 aromatic carbocycles. The molecule has 8 heteroatoms. The molecule has 0 spiro atoms. The summed E-state index contributed by atoms with van der Waals surface area (Å²) in [7, 11) is 0. The third kappa shape index (κ3) is 4.40. The molecule has 0 aliphatic rings. The molecule has 0 bridgehead atoms. The fourth-order valence-corrected chi connectivity index (χ4v) is 3.32. The number of rotatable bonds is 5. The van der Waals surface area contributed by atoms with Gasteiger partial charge in [-0.3, -0.25) is 4.79 Å². The van der Waals surface area contributed by atoms with Gasteiger partial charge >= 0.3 is 0 Å². The van der Waals surface area contributed by atoms with Crippen molar-refractivity contribution in [2.75, 3.05) is 6.61 Å². The fourth-order valence-electron chi connectivity index (χ4n) is 2.22. The summed E-state index contributed by atoms with van der Waals surface area (Å²) in [5.41, 5.74) is 1.62. The Balaban J connectivity index is 2.07. The summed E-state index contributed by atoms with van der Waals surface area (Å²) < 4.78 is 0.611. The molecule has 5 nitrogen and oxygen atoms in total. The lowest BCUT2D eigenvalue weighted by molar-refractivity contribution is 0.0917. The van der Waals surface area contributed by atoms with Crippen LogP contribution in [-0.2, 0) is 0 Å². The molecule has 3 rings (SSSR count). The highest BCUT2D eigenvalue weighted by Crippen LogP contribution is 2.30. The van der Waals surface area contributed by atoms with Crippen molar-refractivity contribution in [1.82, 2.24) is 15.3 Å². The summed E-state index contributed by atoms with van der Waals surface area (Å²) in [4.78, 5) is 22.2. The molecule has 0 fully saturated rings. The molecule has 3 aromatic rings. The van der Waals surface area contributed by atoms with Crippen molar-refractivity contribution in [1.29, 1.82) is 0 Å². The van der Waals surface area contributed by atoms with E-state index in [1.54, 1.807) is 31.2 Å². The maximum absolute atomic E-state index is 12.5. The predicted molar refractivity (Wildman–Crippen MR) is 105 cm³/mol. The van der Waals surface area contributed by atoms with Gasteiger partial charge in [0.15, 0.2) is 5.82 Å². The van der Waals surface area contributed by atoms with E-state index in [4.69, 9.17) is 28.3 Å². The Bertz CT molecular complexity index is 928. The van der Waals surface area contributed by atoms with Gasteiger partial charge in [-0.1, -0.05) is 35.3 Å². The van der Waals surface area contributed by atoms with Gasteiger partial charge in [-0.05, 0) is 37.3 Å². The molecule has 0 aliphatic heterocycles. The Morgan fingerprint density at radius 3 is 2.54 bits per heavy atom. The maximum Gasteiger partial charge on any atom is 0.270 e. The van der Waals surface area contributed by atoms with E-state index in [2.05, 4.69) is 15.3 Å². The summed E-state index contributed by atoms with van der Waals surface area (Å²) in [6, 6.07) is 12.0. The minimum Gasteiger partial charge on any atom is -0.394 e. The minimum absolute atomic E-state index is 0.158. The molecule has 0 unspecified atom stereocenters. The lowest BCUT2D eigenvalue weighted by Gasteiger charge is -2.12. The molecule has 134 valence electrons. The first-order valence-corrected chi connectivity index (χ1v) is 9.36. The van der Waals surface area contributed by atoms with E-state index in [1.807, 2.05) is 18.2 Å². The SMILES string of the molecule is C[C@@H](CO)NC(=O)c1cc(-c2ccc(Cl)cc2)nc(-c2ccc(Cl)s2)n1. The number of halogens is 2. The zero-order chi connectivity index (χ0) is 18.7. The number of thiophene rings is 1. The molecule has 26 heavy (non-hydrogen) atoms. The lowest BCUT2D eigenvalue weighted by atomic mass is 10.1. The summed E-state index contributed by atoms with van der Waals surface area (Å²) in [6.07, 6.45) is 0. The molecule has 2 aromatic heterocycles. The van der Waals surface area contributed by atoms with Crippen LogP contribution in [-0.4, -0.2) is 33.6 Å². The number of nitrogens with zero attached hydrogens (tertiary/aromatic N) is 2. The lowest BCUT2D eigenvalue weighted by Crippen LogP contribution is -2.35. The van der Waals surface area contributed by atoms with Crippen LogP contribution in [0.2, 0.25) is 9.36 Å². The van der Waals surface area contributed by atoms with Crippen molar-refractivity contribution in [3.05, 3.63) is 57.5 Å². The van der Waals surface area contributed by atoms with Crippen LogP contribution in [0.5, 0.6) is 0 Å². The molecule has 2 N–H and O–H groups in total. The maximum atomic E-state index is 12.5. The first-order valence-electron chi connectivity index (χ1n) is 7.78. The Hall–Kier alpha value is -1.99. The molecular weight excluding hydrogens is 393 g/mol. The van der Waals surface area contributed by atoms with E-state index in [0.29, 0.717) is 20.9 Å². The largest absolute Gasteiger partial charge is 0.394 e. The number of hydrogen-bond donors (Lipinski definition) is 2. The zero-order valence-electron chi connectivity index (χ0n) is 13.7. The van der Waals surface area contributed by atoms with Gasteiger partial charge in [0.1, 0.15) is 5.69 Å². The quantitative estimate of drug-likeness (QED) is 0.661. The van der Waals surface area contributed by atoms with Crippen molar-refractivity contribution < 1.29 is 9.90 Å². The smallest absolute Gasteiger partial charge is 0.270 e. The number of aliphatic hydroxyl groups is 1. The van der Waals surface area contributed by atoms with Crippen LogP contribution >= 0.6 is 34.5 Å². The molecule has 0 saturated heterocycles. The van der Waals surface area contributed by atoms with Crippen LogP contribution in [0.25, 0.3) is 22.0 Å². The Morgan fingerprint density at radius 2 is 1.92 bits per heavy atom. The molecule has 1 atom stereocenters. The summed E-state index contributed by atoms with van der Waals surface area (Å²) >= 11 is 13.3. The summed E-state index contributed by atoms with van der Waals surface area (Å²) in [5.74, 6) is 0.0317. The monoisotopic (exact) mass is 407 g/mol. The van der Waals surface area contributed by atoms with E-state index < -0.39 is 0 Å². The number of carbonyl (C=O) groups is 1. The van der Waals surface area contributed by atoms with Gasteiger partial charge < -0.3 is 10.4 Å². The highest BCUT2D eigenvalue weighted by Gasteiger charge is 2.16. The van der Waals surface area contributed by atoms with Gasteiger partial charge in [0.05, 0.1) is 21.5 Å². The van der Waals surface area contributed by atoms with E-state index >= 15 is 0 Å². The number of amides is 1. The van der Waals surface area contributed by atoms with Crippen molar-refractivity contribution in [2.45, 2.75) is 13.0 Å². The average molecular weight is 408 g/mol. The van der Waals surface area contributed by atoms with Crippen LogP contribution < -0.4 is 5.32 Å². The minimum atomic E-state index is -0.381. The second kappa shape index (κ2) is 8.14. The van der Waals surface area contributed by atoms with E-state index in [-0.39, 0.29) is 24.2 Å². The highest BCUT2D eigenvalue weighted by molar-refractivity contribution is 7.19. The van der Waals surface area contributed by atoms with Crippen LogP contribution in [0, 0.1) is 0 Å². The normalized spacial score (nSPS) is 12.0. The topological polar surface area (TPSA) is 75.1 Å². The second-order valence-corrected chi connectivity index (χ2v) is 7.78. The van der Waals surface area contributed by atoms with Crippen molar-refractivity contribution >= 4 is 40.4 Å². The predicted octanol–water partition coefficient (Wildman–Crippen LogP) is 4.29. The molecule has 0 aliphatic carbocycles. The first-order chi connectivity index (χ1) is 12.5. The van der Waals surface area contributed by atoms with Crippen molar-refractivity contribution in [2.24, 2.45) is 0 Å². The number of hydrogen-bond acceptors (Lipinski definition) is 5. The zero-order valence-corrected chi connectivity index (χ0v) is 16.1. The molecule has 2 heterocycles. The summed E-state index contributed by atoms with van der Waals surface area (Å²) in [5, 5.41) is 12.5. The van der Waals surface area contributed by atoms with Crippen LogP contribution in [0.3, 0.4) is 0 Å². The Morgan fingerprint density at radius 1 is 1.19 bits per heavy atom. The van der Waals surface area contributed by atoms with E-state index in [0.717, 1.165) is 10.4 Å². The van der Waals surface area contributed by atoms with Gasteiger partial charge in [0.25, 0.3) is 5.91 Å². The van der Waals surface area contributed by atoms with Crippen LogP contribution in [0.4, 0.5) is 0 Å². The molecule has 0 saturated carbocycles. The van der Waals surface area contributed by atoms with Gasteiger partial charge in [-0.2, -0.15) is 0 Å². The van der Waals surface area contributed by atoms with Crippen LogP contribution in [0.15, 0.2) is 42.5 Å². The fraction of sp³-hybridized carbons (Fsp3) is 0.167. The number of aromatic nitrogens is 2. The Kier molecular flexibility index (Phi) is 5.88. The van der Waals surface area contributed by atoms with Gasteiger partial charge in [0, 0.05) is 16.6 Å². The van der Waals surface area contributed by atoms with E-state index in [9.17, 15) is 4.79 Å². The van der Waals surface area contributed by atoms with Crippen LogP contribution in [0.1, 0.15) is 17.4 Å². The summed E-state index contributed by atoms with van der Waals surface area (Å²) in [6.45, 7) is 1.55. The highest BCUT2D eigenvalue weighted by atomic mass is 35.5.